The molecular weight excluding hydrogens is 258 g/mol. The van der Waals surface area contributed by atoms with E-state index in [0.29, 0.717) is 24.1 Å². The zero-order valence-electron chi connectivity index (χ0n) is 11.7. The normalized spacial score (nSPS) is 26.0. The molecule has 20 heavy (non-hydrogen) atoms. The highest BCUT2D eigenvalue weighted by Gasteiger charge is 2.42. The van der Waals surface area contributed by atoms with Gasteiger partial charge in [0.1, 0.15) is 6.33 Å². The Hall–Kier alpha value is -1.98. The van der Waals surface area contributed by atoms with Crippen LogP contribution in [0.15, 0.2) is 12.5 Å². The van der Waals surface area contributed by atoms with Gasteiger partial charge in [-0.1, -0.05) is 12.8 Å². The monoisotopic (exact) mass is 277 g/mol. The molecule has 1 aromatic rings. The van der Waals surface area contributed by atoms with Crippen molar-refractivity contribution in [2.75, 3.05) is 0 Å². The van der Waals surface area contributed by atoms with Crippen molar-refractivity contribution in [3.63, 3.8) is 0 Å². The van der Waals surface area contributed by atoms with Gasteiger partial charge in [0, 0.05) is 6.20 Å². The van der Waals surface area contributed by atoms with Crippen molar-refractivity contribution in [1.29, 1.82) is 0 Å². The van der Waals surface area contributed by atoms with Crippen molar-refractivity contribution in [3.8, 4) is 0 Å². The Labute approximate surface area is 117 Å². The fourth-order valence-electron chi connectivity index (χ4n) is 2.82. The lowest BCUT2D eigenvalue weighted by molar-refractivity contribution is -0.145. The first-order valence-electron chi connectivity index (χ1n) is 6.76. The first kappa shape index (κ1) is 14.4. The molecule has 1 aliphatic rings. The molecule has 6 heteroatoms. The molecule has 0 saturated heterocycles. The fraction of sp³-hybridized carbons (Fsp3) is 0.571. The molecule has 0 spiro atoms. The van der Waals surface area contributed by atoms with Crippen LogP contribution < -0.4 is 5.32 Å². The standard InChI is InChI=1S/C14H19N3O3/c1-9-10(7-15-8-16-9)12(18)17-14(2)6-4-3-5-11(14)13(19)20/h7-8,11H,3-6H2,1-2H3,(H,17,18)(H,19,20). The van der Waals surface area contributed by atoms with E-state index in [4.69, 9.17) is 0 Å². The summed E-state index contributed by atoms with van der Waals surface area (Å²) in [6.45, 7) is 3.54. The minimum Gasteiger partial charge on any atom is -0.481 e. The van der Waals surface area contributed by atoms with E-state index in [-0.39, 0.29) is 5.91 Å². The molecule has 1 aliphatic carbocycles. The highest BCUT2D eigenvalue weighted by Crippen LogP contribution is 2.34. The second-order valence-electron chi connectivity index (χ2n) is 5.53. The average Bonchev–Trinajstić information content (AvgIpc) is 2.38. The molecule has 1 aromatic heterocycles. The van der Waals surface area contributed by atoms with E-state index in [9.17, 15) is 14.7 Å². The highest BCUT2D eigenvalue weighted by molar-refractivity contribution is 5.95. The molecule has 0 radical (unpaired) electrons. The van der Waals surface area contributed by atoms with E-state index in [1.165, 1.54) is 12.5 Å². The number of nitrogens with one attached hydrogen (secondary N) is 1. The quantitative estimate of drug-likeness (QED) is 0.874. The van der Waals surface area contributed by atoms with E-state index >= 15 is 0 Å². The summed E-state index contributed by atoms with van der Waals surface area (Å²) < 4.78 is 0. The van der Waals surface area contributed by atoms with Crippen molar-refractivity contribution < 1.29 is 14.7 Å². The molecule has 1 fully saturated rings. The van der Waals surface area contributed by atoms with Gasteiger partial charge in [-0.3, -0.25) is 9.59 Å². The Morgan fingerprint density at radius 1 is 1.45 bits per heavy atom. The van der Waals surface area contributed by atoms with E-state index in [1.54, 1.807) is 6.92 Å². The van der Waals surface area contributed by atoms with Crippen LogP contribution in [0.3, 0.4) is 0 Å². The van der Waals surface area contributed by atoms with Gasteiger partial charge in [-0.05, 0) is 26.7 Å². The third kappa shape index (κ3) is 2.79. The second-order valence-corrected chi connectivity index (χ2v) is 5.53. The largest absolute Gasteiger partial charge is 0.481 e. The molecule has 1 heterocycles. The van der Waals surface area contributed by atoms with Crippen LogP contribution in [0.1, 0.15) is 48.7 Å². The minimum absolute atomic E-state index is 0.307. The molecule has 1 amide bonds. The Kier molecular flexibility index (Phi) is 4.01. The van der Waals surface area contributed by atoms with Crippen LogP contribution in [0, 0.1) is 12.8 Å². The lowest BCUT2D eigenvalue weighted by Crippen LogP contribution is -2.55. The van der Waals surface area contributed by atoms with Crippen molar-refractivity contribution >= 4 is 11.9 Å². The molecule has 0 aliphatic heterocycles. The number of carbonyl (C=O) groups excluding carboxylic acids is 1. The Balaban J connectivity index is 2.20. The lowest BCUT2D eigenvalue weighted by atomic mass is 9.73. The molecule has 0 aromatic carbocycles. The number of carbonyl (C=O) groups is 2. The highest BCUT2D eigenvalue weighted by atomic mass is 16.4. The summed E-state index contributed by atoms with van der Waals surface area (Å²) in [6.07, 6.45) is 5.91. The Morgan fingerprint density at radius 3 is 2.85 bits per heavy atom. The summed E-state index contributed by atoms with van der Waals surface area (Å²) in [6, 6.07) is 0. The van der Waals surface area contributed by atoms with Crippen molar-refractivity contribution in [2.45, 2.75) is 45.1 Å². The van der Waals surface area contributed by atoms with Gasteiger partial charge in [-0.25, -0.2) is 9.97 Å². The summed E-state index contributed by atoms with van der Waals surface area (Å²) in [5, 5.41) is 12.2. The fourth-order valence-corrected chi connectivity index (χ4v) is 2.82. The van der Waals surface area contributed by atoms with Gasteiger partial charge in [0.25, 0.3) is 5.91 Å². The van der Waals surface area contributed by atoms with Gasteiger partial charge in [0.2, 0.25) is 0 Å². The van der Waals surface area contributed by atoms with Crippen LogP contribution in [0.2, 0.25) is 0 Å². The molecule has 2 N–H and O–H groups in total. The first-order valence-corrected chi connectivity index (χ1v) is 6.76. The van der Waals surface area contributed by atoms with E-state index in [1.807, 2.05) is 6.92 Å². The third-order valence-electron chi connectivity index (χ3n) is 4.06. The second kappa shape index (κ2) is 5.56. The van der Waals surface area contributed by atoms with Gasteiger partial charge < -0.3 is 10.4 Å². The van der Waals surface area contributed by atoms with Crippen LogP contribution in [-0.2, 0) is 4.79 Å². The molecule has 0 bridgehead atoms. The maximum Gasteiger partial charge on any atom is 0.308 e. The molecule has 1 saturated carbocycles. The predicted octanol–water partition coefficient (Wildman–Crippen LogP) is 1.55. The van der Waals surface area contributed by atoms with Crippen molar-refractivity contribution in [1.82, 2.24) is 15.3 Å². The van der Waals surface area contributed by atoms with Crippen molar-refractivity contribution in [3.05, 3.63) is 23.8 Å². The van der Waals surface area contributed by atoms with Crippen LogP contribution in [-0.4, -0.2) is 32.5 Å². The Bertz CT molecular complexity index is 532. The maximum absolute atomic E-state index is 12.3. The third-order valence-corrected chi connectivity index (χ3v) is 4.06. The number of aromatic nitrogens is 2. The maximum atomic E-state index is 12.3. The summed E-state index contributed by atoms with van der Waals surface area (Å²) in [5.74, 6) is -1.71. The summed E-state index contributed by atoms with van der Waals surface area (Å²) in [4.78, 5) is 31.5. The number of amides is 1. The topological polar surface area (TPSA) is 92.2 Å². The smallest absolute Gasteiger partial charge is 0.308 e. The van der Waals surface area contributed by atoms with E-state index in [2.05, 4.69) is 15.3 Å². The van der Waals surface area contributed by atoms with Gasteiger partial charge >= 0.3 is 5.97 Å². The molecular formula is C14H19N3O3. The first-order chi connectivity index (χ1) is 9.44. The average molecular weight is 277 g/mol. The molecule has 2 unspecified atom stereocenters. The number of carboxylic acid groups (broad SMARTS) is 1. The van der Waals surface area contributed by atoms with Gasteiger partial charge in [-0.15, -0.1) is 0 Å². The van der Waals surface area contributed by atoms with Crippen LogP contribution in [0.4, 0.5) is 0 Å². The van der Waals surface area contributed by atoms with Gasteiger partial charge in [0.05, 0.1) is 22.7 Å². The van der Waals surface area contributed by atoms with Gasteiger partial charge in [0.15, 0.2) is 0 Å². The lowest BCUT2D eigenvalue weighted by Gasteiger charge is -2.39. The zero-order valence-corrected chi connectivity index (χ0v) is 11.7. The molecule has 2 rings (SSSR count). The molecule has 2 atom stereocenters. The van der Waals surface area contributed by atoms with Crippen LogP contribution >= 0.6 is 0 Å². The number of hydrogen-bond donors (Lipinski definition) is 2. The summed E-state index contributed by atoms with van der Waals surface area (Å²) in [7, 11) is 0. The van der Waals surface area contributed by atoms with Crippen LogP contribution in [0.25, 0.3) is 0 Å². The number of rotatable bonds is 3. The molecule has 108 valence electrons. The minimum atomic E-state index is -0.853. The SMILES string of the molecule is Cc1ncncc1C(=O)NC1(C)CCCCC1C(=O)O. The number of aryl methyl sites for hydroxylation is 1. The number of aliphatic carboxylic acids is 1. The van der Waals surface area contributed by atoms with E-state index in [0.717, 1.165) is 12.8 Å². The Morgan fingerprint density at radius 2 is 2.20 bits per heavy atom. The van der Waals surface area contributed by atoms with Crippen LogP contribution in [0.5, 0.6) is 0 Å². The molecule has 6 nitrogen and oxygen atoms in total. The van der Waals surface area contributed by atoms with E-state index < -0.39 is 17.4 Å². The zero-order chi connectivity index (χ0) is 14.8. The number of carboxylic acids is 1. The number of nitrogens with zero attached hydrogens (tertiary/aromatic N) is 2. The summed E-state index contributed by atoms with van der Waals surface area (Å²) in [5.41, 5.74) is 0.260. The predicted molar refractivity (Wildman–Crippen MR) is 72.2 cm³/mol. The summed E-state index contributed by atoms with van der Waals surface area (Å²) >= 11 is 0. The van der Waals surface area contributed by atoms with Gasteiger partial charge in [-0.2, -0.15) is 0 Å². The van der Waals surface area contributed by atoms with Crippen molar-refractivity contribution in [2.24, 2.45) is 5.92 Å². The number of hydrogen-bond acceptors (Lipinski definition) is 4.